The molecule has 0 spiro atoms. The standard InChI is InChI=1S/C32H35ClN6O3/c1-32(2,3)21-8-10-25(27(18-21)42-23-12-16-39(17-13-23)20-29-34-14-15-35-29)31(41)37-26-7-5-4-6-24(26)30(40)38-28-11-9-22(33)19-36-28/h4-11,14-15,18-19,23H,12-13,16-17,20H2,1-3H3,(H,34,35)(H,37,41)(H,36,38,40). The molecule has 5 rings (SSSR count). The number of anilines is 2. The number of amides is 2. The first-order chi connectivity index (χ1) is 20.2. The number of benzene rings is 2. The second-order valence-electron chi connectivity index (χ2n) is 11.4. The van der Waals surface area contributed by atoms with Crippen LogP contribution in [0.2, 0.25) is 5.02 Å². The van der Waals surface area contributed by atoms with E-state index >= 15 is 0 Å². The lowest BCUT2D eigenvalue weighted by Crippen LogP contribution is -2.38. The molecule has 0 aliphatic carbocycles. The molecule has 0 saturated carbocycles. The van der Waals surface area contributed by atoms with Gasteiger partial charge in [-0.25, -0.2) is 9.97 Å². The van der Waals surface area contributed by atoms with Crippen LogP contribution in [-0.2, 0) is 12.0 Å². The summed E-state index contributed by atoms with van der Waals surface area (Å²) in [5.74, 6) is 1.09. The third kappa shape index (κ3) is 7.35. The van der Waals surface area contributed by atoms with Crippen molar-refractivity contribution in [1.82, 2.24) is 19.9 Å². The van der Waals surface area contributed by atoms with Gasteiger partial charge in [0.25, 0.3) is 11.8 Å². The van der Waals surface area contributed by atoms with Crippen molar-refractivity contribution < 1.29 is 14.3 Å². The second-order valence-corrected chi connectivity index (χ2v) is 11.8. The SMILES string of the molecule is CC(C)(C)c1ccc(C(=O)Nc2ccccc2C(=O)Nc2ccc(Cl)cn2)c(OC2CCN(Cc3ncc[nH]3)CC2)c1. The van der Waals surface area contributed by atoms with Crippen molar-refractivity contribution in [3.63, 3.8) is 0 Å². The Bertz CT molecular complexity index is 1520. The van der Waals surface area contributed by atoms with Gasteiger partial charge >= 0.3 is 0 Å². The normalized spacial score (nSPS) is 14.4. The fraction of sp³-hybridized carbons (Fsp3) is 0.312. The molecule has 1 saturated heterocycles. The van der Waals surface area contributed by atoms with Crippen molar-refractivity contribution in [3.8, 4) is 5.75 Å². The molecular formula is C32H35ClN6O3. The van der Waals surface area contributed by atoms with Gasteiger partial charge in [-0.1, -0.05) is 50.6 Å². The highest BCUT2D eigenvalue weighted by molar-refractivity contribution is 6.30. The summed E-state index contributed by atoms with van der Waals surface area (Å²) < 4.78 is 6.52. The monoisotopic (exact) mass is 586 g/mol. The molecule has 1 fully saturated rings. The number of H-pyrrole nitrogens is 1. The van der Waals surface area contributed by atoms with Gasteiger partial charge in [0.1, 0.15) is 23.5 Å². The number of carbonyl (C=O) groups excluding carboxylic acids is 2. The first kappa shape index (κ1) is 29.3. The van der Waals surface area contributed by atoms with E-state index < -0.39 is 5.91 Å². The zero-order valence-corrected chi connectivity index (χ0v) is 24.7. The summed E-state index contributed by atoms with van der Waals surface area (Å²) in [6.45, 7) is 8.90. The van der Waals surface area contributed by atoms with E-state index in [1.54, 1.807) is 48.7 Å². The van der Waals surface area contributed by atoms with Gasteiger partial charge < -0.3 is 20.4 Å². The number of pyridine rings is 1. The molecule has 2 amide bonds. The van der Waals surface area contributed by atoms with Gasteiger partial charge in [0, 0.05) is 31.7 Å². The molecule has 0 radical (unpaired) electrons. The molecular weight excluding hydrogens is 552 g/mol. The average Bonchev–Trinajstić information content (AvgIpc) is 3.48. The van der Waals surface area contributed by atoms with Gasteiger partial charge in [0.05, 0.1) is 28.4 Å². The van der Waals surface area contributed by atoms with Crippen molar-refractivity contribution in [2.24, 2.45) is 0 Å². The number of aromatic nitrogens is 3. The molecule has 42 heavy (non-hydrogen) atoms. The maximum atomic E-state index is 13.7. The van der Waals surface area contributed by atoms with Crippen LogP contribution in [0, 0.1) is 0 Å². The molecule has 1 aliphatic heterocycles. The van der Waals surface area contributed by atoms with Gasteiger partial charge in [-0.15, -0.1) is 0 Å². The molecule has 0 unspecified atom stereocenters. The summed E-state index contributed by atoms with van der Waals surface area (Å²) in [5, 5.41) is 6.15. The number of ether oxygens (including phenoxy) is 1. The number of nitrogens with one attached hydrogen (secondary N) is 3. The van der Waals surface area contributed by atoms with Crippen molar-refractivity contribution in [2.75, 3.05) is 23.7 Å². The van der Waals surface area contributed by atoms with Gasteiger partial charge in [0.15, 0.2) is 0 Å². The Morgan fingerprint density at radius 2 is 1.76 bits per heavy atom. The van der Waals surface area contributed by atoms with E-state index in [1.807, 2.05) is 18.3 Å². The van der Waals surface area contributed by atoms with Gasteiger partial charge in [0.2, 0.25) is 0 Å². The topological polar surface area (TPSA) is 112 Å². The van der Waals surface area contributed by atoms with Crippen molar-refractivity contribution >= 4 is 34.9 Å². The Hall–Kier alpha value is -4.21. The molecule has 1 aliphatic rings. The molecule has 2 aromatic heterocycles. The first-order valence-corrected chi connectivity index (χ1v) is 14.4. The fourth-order valence-electron chi connectivity index (χ4n) is 4.85. The van der Waals surface area contributed by atoms with Crippen LogP contribution >= 0.6 is 11.6 Å². The third-order valence-electron chi connectivity index (χ3n) is 7.24. The van der Waals surface area contributed by atoms with Crippen LogP contribution in [-0.4, -0.2) is 50.9 Å². The number of para-hydroxylation sites is 1. The number of carbonyl (C=O) groups is 2. The van der Waals surface area contributed by atoms with E-state index in [-0.39, 0.29) is 17.4 Å². The number of imidazole rings is 1. The number of hydrogen-bond donors (Lipinski definition) is 3. The summed E-state index contributed by atoms with van der Waals surface area (Å²) in [6, 6.07) is 15.8. The van der Waals surface area contributed by atoms with Crippen LogP contribution < -0.4 is 15.4 Å². The van der Waals surface area contributed by atoms with Gasteiger partial charge in [-0.05, 0) is 60.2 Å². The largest absolute Gasteiger partial charge is 0.489 e. The molecule has 3 N–H and O–H groups in total. The van der Waals surface area contributed by atoms with Crippen LogP contribution in [0.4, 0.5) is 11.5 Å². The number of likely N-dealkylation sites (tertiary alicyclic amines) is 1. The summed E-state index contributed by atoms with van der Waals surface area (Å²) in [5.41, 5.74) is 2.04. The smallest absolute Gasteiger partial charge is 0.259 e. The maximum absolute atomic E-state index is 13.7. The van der Waals surface area contributed by atoms with E-state index in [4.69, 9.17) is 16.3 Å². The number of halogens is 1. The molecule has 0 bridgehead atoms. The van der Waals surface area contributed by atoms with Crippen LogP contribution in [0.5, 0.6) is 5.75 Å². The van der Waals surface area contributed by atoms with Crippen molar-refractivity contribution in [2.45, 2.75) is 51.7 Å². The van der Waals surface area contributed by atoms with E-state index in [9.17, 15) is 9.59 Å². The van der Waals surface area contributed by atoms with E-state index in [2.05, 4.69) is 51.3 Å². The Labute approximate surface area is 250 Å². The summed E-state index contributed by atoms with van der Waals surface area (Å²) >= 11 is 5.91. The number of nitrogens with zero attached hydrogens (tertiary/aromatic N) is 3. The van der Waals surface area contributed by atoms with E-state index in [0.717, 1.165) is 43.9 Å². The minimum Gasteiger partial charge on any atom is -0.489 e. The van der Waals surface area contributed by atoms with E-state index in [1.165, 1.54) is 6.20 Å². The number of aromatic amines is 1. The quantitative estimate of drug-likeness (QED) is 0.223. The Balaban J connectivity index is 1.32. The highest BCUT2D eigenvalue weighted by atomic mass is 35.5. The summed E-state index contributed by atoms with van der Waals surface area (Å²) in [7, 11) is 0. The summed E-state index contributed by atoms with van der Waals surface area (Å²) in [6.07, 6.45) is 6.70. The molecule has 4 aromatic rings. The van der Waals surface area contributed by atoms with Crippen molar-refractivity contribution in [1.29, 1.82) is 0 Å². The molecule has 0 atom stereocenters. The minimum atomic E-state index is -0.401. The van der Waals surface area contributed by atoms with Gasteiger partial charge in [-0.2, -0.15) is 0 Å². The molecule has 3 heterocycles. The maximum Gasteiger partial charge on any atom is 0.259 e. The lowest BCUT2D eigenvalue weighted by atomic mass is 9.86. The zero-order chi connectivity index (χ0) is 29.7. The van der Waals surface area contributed by atoms with E-state index in [0.29, 0.717) is 33.4 Å². The van der Waals surface area contributed by atoms with Crippen LogP contribution in [0.3, 0.4) is 0 Å². The van der Waals surface area contributed by atoms with Crippen LogP contribution in [0.15, 0.2) is 73.2 Å². The minimum absolute atomic E-state index is 0.0236. The van der Waals surface area contributed by atoms with Gasteiger partial charge in [-0.3, -0.25) is 14.5 Å². The fourth-order valence-corrected chi connectivity index (χ4v) is 4.96. The zero-order valence-electron chi connectivity index (χ0n) is 24.0. The number of piperidine rings is 1. The average molecular weight is 587 g/mol. The molecule has 2 aromatic carbocycles. The van der Waals surface area contributed by atoms with Crippen LogP contribution in [0.25, 0.3) is 0 Å². The first-order valence-electron chi connectivity index (χ1n) is 14.0. The third-order valence-corrected chi connectivity index (χ3v) is 7.46. The lowest BCUT2D eigenvalue weighted by Gasteiger charge is -2.32. The molecule has 9 nitrogen and oxygen atoms in total. The Morgan fingerprint density at radius 1 is 1.00 bits per heavy atom. The predicted molar refractivity (Wildman–Crippen MR) is 164 cm³/mol. The summed E-state index contributed by atoms with van der Waals surface area (Å²) in [4.78, 5) is 40.7. The van der Waals surface area contributed by atoms with Crippen molar-refractivity contribution in [3.05, 3.63) is 101 Å². The molecule has 218 valence electrons. The number of rotatable bonds is 8. The Morgan fingerprint density at radius 3 is 2.45 bits per heavy atom. The second kappa shape index (κ2) is 12.8. The predicted octanol–water partition coefficient (Wildman–Crippen LogP) is 6.30. The lowest BCUT2D eigenvalue weighted by molar-refractivity contribution is 0.0914. The molecule has 10 heteroatoms. The highest BCUT2D eigenvalue weighted by Crippen LogP contribution is 2.31. The highest BCUT2D eigenvalue weighted by Gasteiger charge is 2.25. The Kier molecular flexibility index (Phi) is 8.89. The van der Waals surface area contributed by atoms with Crippen LogP contribution in [0.1, 0.15) is 65.7 Å². The number of hydrogen-bond acceptors (Lipinski definition) is 6.